The largest absolute Gasteiger partial charge is 0.478 e. The van der Waals surface area contributed by atoms with Gasteiger partial charge >= 0.3 is 5.97 Å². The molecule has 1 aliphatic carbocycles. The van der Waals surface area contributed by atoms with E-state index >= 15 is 0 Å². The van der Waals surface area contributed by atoms with Crippen LogP contribution in [0, 0.1) is 5.92 Å². The van der Waals surface area contributed by atoms with Gasteiger partial charge in [0, 0.05) is 24.0 Å². The molecule has 0 aliphatic heterocycles. The summed E-state index contributed by atoms with van der Waals surface area (Å²) in [6.07, 6.45) is 4.53. The van der Waals surface area contributed by atoms with Crippen molar-refractivity contribution >= 4 is 23.4 Å². The number of rotatable bonds is 6. The number of hydrogen-bond donors (Lipinski definition) is 2. The Hall–Kier alpha value is -1.17. The van der Waals surface area contributed by atoms with Crippen LogP contribution in [-0.4, -0.2) is 40.8 Å². The molecule has 1 aromatic rings. The highest BCUT2D eigenvalue weighted by molar-refractivity contribution is 7.10. The fraction of sp³-hybridized carbons (Fsp3) is 0.500. The molecule has 0 bridgehead atoms. The molecule has 1 aromatic heterocycles. The van der Waals surface area contributed by atoms with E-state index in [9.17, 15) is 9.90 Å². The summed E-state index contributed by atoms with van der Waals surface area (Å²) in [7, 11) is 2.06. The van der Waals surface area contributed by atoms with Crippen LogP contribution in [0.4, 0.5) is 0 Å². The highest BCUT2D eigenvalue weighted by Crippen LogP contribution is 2.28. The molecule has 1 heterocycles. The van der Waals surface area contributed by atoms with E-state index in [-0.39, 0.29) is 6.10 Å². The molecule has 0 spiro atoms. The van der Waals surface area contributed by atoms with Crippen LogP contribution in [0.3, 0.4) is 0 Å². The van der Waals surface area contributed by atoms with Crippen molar-refractivity contribution in [1.82, 2.24) is 4.90 Å². The summed E-state index contributed by atoms with van der Waals surface area (Å²) in [4.78, 5) is 14.0. The topological polar surface area (TPSA) is 60.8 Å². The maximum atomic E-state index is 10.5. The zero-order chi connectivity index (χ0) is 13.8. The lowest BCUT2D eigenvalue weighted by atomic mass is 9.82. The summed E-state index contributed by atoms with van der Waals surface area (Å²) >= 11 is 1.65. The molecule has 0 radical (unpaired) electrons. The van der Waals surface area contributed by atoms with E-state index in [1.807, 2.05) is 11.4 Å². The van der Waals surface area contributed by atoms with E-state index in [1.165, 1.54) is 11.0 Å². The van der Waals surface area contributed by atoms with E-state index in [0.29, 0.717) is 5.92 Å². The molecule has 0 amide bonds. The smallest absolute Gasteiger partial charge is 0.328 e. The first-order valence-corrected chi connectivity index (χ1v) is 7.26. The highest BCUT2D eigenvalue weighted by Gasteiger charge is 2.27. The lowest BCUT2D eigenvalue weighted by molar-refractivity contribution is -0.131. The van der Waals surface area contributed by atoms with Gasteiger partial charge < -0.3 is 15.1 Å². The summed E-state index contributed by atoms with van der Waals surface area (Å²) < 4.78 is 0. The average molecular weight is 281 g/mol. The molecule has 2 N–H and O–H groups in total. The molecule has 4 nitrogen and oxygen atoms in total. The predicted molar refractivity (Wildman–Crippen MR) is 76.1 cm³/mol. The number of aliphatic hydroxyl groups is 1. The van der Waals surface area contributed by atoms with E-state index < -0.39 is 5.97 Å². The fourth-order valence-corrected chi connectivity index (χ4v) is 3.33. The third-order valence-electron chi connectivity index (χ3n) is 3.38. The van der Waals surface area contributed by atoms with Crippen molar-refractivity contribution in [2.75, 3.05) is 13.6 Å². The van der Waals surface area contributed by atoms with Crippen LogP contribution >= 0.6 is 11.3 Å². The second-order valence-electron chi connectivity index (χ2n) is 5.16. The SMILES string of the molecule is CN(Cc1sccc1C=CC(=O)O)CC1CC(O)C1. The second kappa shape index (κ2) is 6.32. The first-order valence-electron chi connectivity index (χ1n) is 6.38. The van der Waals surface area contributed by atoms with Crippen molar-refractivity contribution in [3.05, 3.63) is 28.0 Å². The summed E-state index contributed by atoms with van der Waals surface area (Å²) in [6.45, 7) is 1.81. The van der Waals surface area contributed by atoms with Crippen LogP contribution in [-0.2, 0) is 11.3 Å². The second-order valence-corrected chi connectivity index (χ2v) is 6.16. The van der Waals surface area contributed by atoms with Gasteiger partial charge in [0.2, 0.25) is 0 Å². The number of thiophene rings is 1. The van der Waals surface area contributed by atoms with Crippen LogP contribution in [0.1, 0.15) is 23.3 Å². The third kappa shape index (κ3) is 4.16. The van der Waals surface area contributed by atoms with Gasteiger partial charge in [0.15, 0.2) is 0 Å². The minimum atomic E-state index is -0.922. The predicted octanol–water partition coefficient (Wildman–Crippen LogP) is 2.05. The molecule has 0 atom stereocenters. The van der Waals surface area contributed by atoms with Gasteiger partial charge in [-0.1, -0.05) is 0 Å². The third-order valence-corrected chi connectivity index (χ3v) is 4.30. The van der Waals surface area contributed by atoms with Gasteiger partial charge in [0.25, 0.3) is 0 Å². The molecule has 5 heteroatoms. The van der Waals surface area contributed by atoms with Crippen LogP contribution in [0.2, 0.25) is 0 Å². The molecule has 2 rings (SSSR count). The van der Waals surface area contributed by atoms with Crippen LogP contribution in [0.5, 0.6) is 0 Å². The first-order chi connectivity index (χ1) is 9.04. The van der Waals surface area contributed by atoms with Crippen molar-refractivity contribution in [3.8, 4) is 0 Å². The number of aliphatic carboxylic acids is 1. The molecule has 1 aliphatic rings. The Morgan fingerprint density at radius 1 is 1.58 bits per heavy atom. The van der Waals surface area contributed by atoms with Crippen LogP contribution in [0.25, 0.3) is 6.08 Å². The number of carboxylic acids is 1. The molecular weight excluding hydrogens is 262 g/mol. The minimum Gasteiger partial charge on any atom is -0.478 e. The molecule has 19 heavy (non-hydrogen) atoms. The Morgan fingerprint density at radius 3 is 2.95 bits per heavy atom. The Balaban J connectivity index is 1.88. The highest BCUT2D eigenvalue weighted by atomic mass is 32.1. The van der Waals surface area contributed by atoms with Gasteiger partial charge in [0.05, 0.1) is 6.10 Å². The molecule has 1 saturated carbocycles. The number of carbonyl (C=O) groups is 1. The van der Waals surface area contributed by atoms with Gasteiger partial charge in [-0.15, -0.1) is 11.3 Å². The minimum absolute atomic E-state index is 0.103. The van der Waals surface area contributed by atoms with Gasteiger partial charge in [-0.2, -0.15) is 0 Å². The van der Waals surface area contributed by atoms with Crippen LogP contribution < -0.4 is 0 Å². The van der Waals surface area contributed by atoms with Gasteiger partial charge in [0.1, 0.15) is 0 Å². The summed E-state index contributed by atoms with van der Waals surface area (Å²) in [5.74, 6) is -0.327. The monoisotopic (exact) mass is 281 g/mol. The Kier molecular flexibility index (Phi) is 4.74. The normalized spacial score (nSPS) is 22.9. The summed E-state index contributed by atoms with van der Waals surface area (Å²) in [5, 5.41) is 19.9. The van der Waals surface area contributed by atoms with Crippen molar-refractivity contribution in [3.63, 3.8) is 0 Å². The lowest BCUT2D eigenvalue weighted by Gasteiger charge is -2.34. The number of hydrogen-bond acceptors (Lipinski definition) is 4. The molecule has 0 unspecified atom stereocenters. The number of aliphatic hydroxyl groups excluding tert-OH is 1. The molecule has 104 valence electrons. The molecule has 0 saturated heterocycles. The lowest BCUT2D eigenvalue weighted by Crippen LogP contribution is -2.36. The Morgan fingerprint density at radius 2 is 2.32 bits per heavy atom. The van der Waals surface area contributed by atoms with E-state index in [0.717, 1.165) is 31.5 Å². The zero-order valence-corrected chi connectivity index (χ0v) is 11.8. The van der Waals surface area contributed by atoms with Crippen molar-refractivity contribution in [2.24, 2.45) is 5.92 Å². The van der Waals surface area contributed by atoms with E-state index in [2.05, 4.69) is 11.9 Å². The maximum Gasteiger partial charge on any atom is 0.328 e. The van der Waals surface area contributed by atoms with E-state index in [4.69, 9.17) is 5.11 Å². The Bertz CT molecular complexity index is 463. The zero-order valence-electron chi connectivity index (χ0n) is 11.0. The van der Waals surface area contributed by atoms with Crippen LogP contribution in [0.15, 0.2) is 17.5 Å². The fourth-order valence-electron chi connectivity index (χ4n) is 2.39. The van der Waals surface area contributed by atoms with Gasteiger partial charge in [-0.25, -0.2) is 4.79 Å². The Labute approximate surface area is 117 Å². The van der Waals surface area contributed by atoms with Crippen molar-refractivity contribution in [1.29, 1.82) is 0 Å². The molecule has 1 fully saturated rings. The maximum absolute atomic E-state index is 10.5. The summed E-state index contributed by atoms with van der Waals surface area (Å²) in [6, 6.07) is 1.94. The van der Waals surface area contributed by atoms with Crippen molar-refractivity contribution in [2.45, 2.75) is 25.5 Å². The average Bonchev–Trinajstić information content (AvgIpc) is 2.71. The summed E-state index contributed by atoms with van der Waals surface area (Å²) in [5.41, 5.74) is 0.980. The number of nitrogens with zero attached hydrogens (tertiary/aromatic N) is 1. The van der Waals surface area contributed by atoms with Gasteiger partial charge in [-0.3, -0.25) is 0 Å². The van der Waals surface area contributed by atoms with E-state index in [1.54, 1.807) is 17.4 Å². The number of carboxylic acid groups (broad SMARTS) is 1. The standard InChI is InChI=1S/C14H19NO3S/c1-15(8-10-6-12(16)7-10)9-13-11(4-5-19-13)2-3-14(17)18/h2-5,10,12,16H,6-9H2,1H3,(H,17,18). The molecular formula is C14H19NO3S. The molecule has 0 aromatic carbocycles. The van der Waals surface area contributed by atoms with Gasteiger partial charge in [-0.05, 0) is 48.9 Å². The first kappa shape index (κ1) is 14.2. The quantitative estimate of drug-likeness (QED) is 0.783. The van der Waals surface area contributed by atoms with Crippen molar-refractivity contribution < 1.29 is 15.0 Å².